The molecule has 0 saturated carbocycles. The first-order valence-corrected chi connectivity index (χ1v) is 4.30. The van der Waals surface area contributed by atoms with Crippen molar-refractivity contribution in [3.8, 4) is 22.8 Å². The second-order valence-corrected chi connectivity index (χ2v) is 2.69. The van der Waals surface area contributed by atoms with Crippen LogP contribution in [0.4, 0.5) is 0 Å². The average Bonchev–Trinajstić information content (AvgIpc) is 2.18. The molecule has 2 nitrogen and oxygen atoms in total. The summed E-state index contributed by atoms with van der Waals surface area (Å²) in [7, 11) is 1.50. The number of hydrogen-bond donors (Lipinski definition) is 1. The van der Waals surface area contributed by atoms with E-state index >= 15 is 0 Å². The Kier molecular flexibility index (Phi) is 3.90. The summed E-state index contributed by atoms with van der Waals surface area (Å²) in [6, 6.07) is 5.08. The molecule has 0 unspecified atom stereocenters. The third-order valence-electron chi connectivity index (χ3n) is 1.62. The Bertz CT molecular complexity index is 399. The number of benzene rings is 1. The van der Waals surface area contributed by atoms with Crippen molar-refractivity contribution in [2.75, 3.05) is 7.11 Å². The second kappa shape index (κ2) is 5.21. The van der Waals surface area contributed by atoms with Gasteiger partial charge in [-0.1, -0.05) is 12.0 Å². The molecule has 1 rings (SSSR count). The smallest absolute Gasteiger partial charge is 0.160 e. The van der Waals surface area contributed by atoms with Crippen molar-refractivity contribution in [2.24, 2.45) is 0 Å². The van der Waals surface area contributed by atoms with Crippen molar-refractivity contribution in [3.05, 3.63) is 29.8 Å². The van der Waals surface area contributed by atoms with Crippen LogP contribution in [0.15, 0.2) is 24.3 Å². The summed E-state index contributed by atoms with van der Waals surface area (Å²) in [5.41, 5.74) is 0.836. The highest BCUT2D eigenvalue weighted by Gasteiger charge is 1.99. The monoisotopic (exact) mass is 208 g/mol. The Labute approximate surface area is 87.8 Å². The van der Waals surface area contributed by atoms with E-state index in [1.807, 2.05) is 6.07 Å². The number of halogens is 1. The molecule has 1 aromatic rings. The van der Waals surface area contributed by atoms with Crippen molar-refractivity contribution in [1.29, 1.82) is 0 Å². The molecular weight excluding hydrogens is 200 g/mol. The Hall–Kier alpha value is -1.59. The van der Waals surface area contributed by atoms with Gasteiger partial charge in [-0.2, -0.15) is 0 Å². The van der Waals surface area contributed by atoms with Crippen molar-refractivity contribution < 1.29 is 9.84 Å². The van der Waals surface area contributed by atoms with E-state index in [1.165, 1.54) is 7.11 Å². The zero-order chi connectivity index (χ0) is 10.4. The standard InChI is InChI=1S/C11H9ClO2/c1-14-11-6-5-9(8-10(11)13)4-2-3-7-12/h2,4-6,8,13H,1H3/b4-2+. The topological polar surface area (TPSA) is 29.5 Å². The molecule has 1 N–H and O–H groups in total. The van der Waals surface area contributed by atoms with E-state index in [-0.39, 0.29) is 5.75 Å². The number of methoxy groups -OCH3 is 1. The van der Waals surface area contributed by atoms with Gasteiger partial charge in [0.2, 0.25) is 0 Å². The molecule has 0 heterocycles. The SMILES string of the molecule is COc1ccc(/C=C/C#CCl)cc1O. The molecule has 0 aliphatic rings. The van der Waals surface area contributed by atoms with Gasteiger partial charge in [-0.3, -0.25) is 0 Å². The lowest BCUT2D eigenvalue weighted by Gasteiger charge is -2.02. The molecule has 0 aliphatic heterocycles. The summed E-state index contributed by atoms with van der Waals surface area (Å²) in [6.45, 7) is 0. The van der Waals surface area contributed by atoms with Crippen LogP contribution in [0.5, 0.6) is 11.5 Å². The molecule has 0 aromatic heterocycles. The Morgan fingerprint density at radius 3 is 2.86 bits per heavy atom. The van der Waals surface area contributed by atoms with Gasteiger partial charge in [-0.05, 0) is 41.4 Å². The normalized spacial score (nSPS) is 9.57. The summed E-state index contributed by atoms with van der Waals surface area (Å²) >= 11 is 5.16. The van der Waals surface area contributed by atoms with Crippen molar-refractivity contribution in [2.45, 2.75) is 0 Å². The van der Waals surface area contributed by atoms with Gasteiger partial charge < -0.3 is 9.84 Å². The third-order valence-corrected chi connectivity index (χ3v) is 1.73. The van der Waals surface area contributed by atoms with Gasteiger partial charge in [0.15, 0.2) is 11.5 Å². The number of hydrogen-bond acceptors (Lipinski definition) is 2. The molecule has 0 amide bonds. The quantitative estimate of drug-likeness (QED) is 0.758. The summed E-state index contributed by atoms with van der Waals surface area (Å²) in [4.78, 5) is 0. The molecule has 0 bridgehead atoms. The largest absolute Gasteiger partial charge is 0.504 e. The van der Waals surface area contributed by atoms with E-state index < -0.39 is 0 Å². The first kappa shape index (κ1) is 10.5. The zero-order valence-electron chi connectivity index (χ0n) is 7.62. The molecule has 1 aromatic carbocycles. The van der Waals surface area contributed by atoms with Crippen LogP contribution in [0, 0.1) is 11.3 Å². The summed E-state index contributed by atoms with van der Waals surface area (Å²) in [5, 5.41) is 11.7. The van der Waals surface area contributed by atoms with Crippen LogP contribution >= 0.6 is 11.6 Å². The van der Waals surface area contributed by atoms with Crippen LogP contribution in [0.3, 0.4) is 0 Å². The van der Waals surface area contributed by atoms with Gasteiger partial charge in [-0.25, -0.2) is 0 Å². The molecule has 14 heavy (non-hydrogen) atoms. The van der Waals surface area contributed by atoms with Crippen LogP contribution in [-0.4, -0.2) is 12.2 Å². The van der Waals surface area contributed by atoms with Gasteiger partial charge >= 0.3 is 0 Å². The number of allylic oxidation sites excluding steroid dienone is 1. The van der Waals surface area contributed by atoms with Crippen molar-refractivity contribution >= 4 is 17.7 Å². The van der Waals surface area contributed by atoms with E-state index in [9.17, 15) is 5.11 Å². The maximum Gasteiger partial charge on any atom is 0.160 e. The zero-order valence-corrected chi connectivity index (χ0v) is 8.38. The number of rotatable bonds is 2. The predicted octanol–water partition coefficient (Wildman–Crippen LogP) is 2.61. The maximum absolute atomic E-state index is 9.43. The van der Waals surface area contributed by atoms with E-state index in [2.05, 4.69) is 11.3 Å². The lowest BCUT2D eigenvalue weighted by molar-refractivity contribution is 0.373. The van der Waals surface area contributed by atoms with Crippen LogP contribution < -0.4 is 4.74 Å². The van der Waals surface area contributed by atoms with Crippen molar-refractivity contribution in [1.82, 2.24) is 0 Å². The Balaban J connectivity index is 2.89. The number of phenolic OH excluding ortho intramolecular Hbond substituents is 1. The highest BCUT2D eigenvalue weighted by atomic mass is 35.5. The van der Waals surface area contributed by atoms with Gasteiger partial charge in [0.05, 0.1) is 7.11 Å². The Morgan fingerprint density at radius 1 is 1.50 bits per heavy atom. The summed E-state index contributed by atoms with van der Waals surface area (Å²) in [6.07, 6.45) is 3.35. The summed E-state index contributed by atoms with van der Waals surface area (Å²) in [5.74, 6) is 3.12. The Morgan fingerprint density at radius 2 is 2.29 bits per heavy atom. The average molecular weight is 209 g/mol. The minimum absolute atomic E-state index is 0.105. The molecule has 0 radical (unpaired) electrons. The van der Waals surface area contributed by atoms with Gasteiger partial charge in [-0.15, -0.1) is 0 Å². The molecular formula is C11H9ClO2. The fraction of sp³-hybridized carbons (Fsp3) is 0.0909. The minimum Gasteiger partial charge on any atom is -0.504 e. The van der Waals surface area contributed by atoms with Crippen LogP contribution in [0.2, 0.25) is 0 Å². The van der Waals surface area contributed by atoms with E-state index in [1.54, 1.807) is 24.3 Å². The second-order valence-electron chi connectivity index (χ2n) is 2.50. The van der Waals surface area contributed by atoms with E-state index in [4.69, 9.17) is 16.3 Å². The van der Waals surface area contributed by atoms with Gasteiger partial charge in [0, 0.05) is 5.38 Å². The van der Waals surface area contributed by atoms with Crippen LogP contribution in [-0.2, 0) is 0 Å². The van der Waals surface area contributed by atoms with Crippen LogP contribution in [0.25, 0.3) is 6.08 Å². The molecule has 0 fully saturated rings. The van der Waals surface area contributed by atoms with E-state index in [0.717, 1.165) is 5.56 Å². The van der Waals surface area contributed by atoms with Crippen molar-refractivity contribution in [3.63, 3.8) is 0 Å². The maximum atomic E-state index is 9.43. The molecule has 0 aliphatic carbocycles. The lowest BCUT2D eigenvalue weighted by Crippen LogP contribution is -1.83. The first-order valence-electron chi connectivity index (χ1n) is 3.92. The lowest BCUT2D eigenvalue weighted by atomic mass is 10.2. The number of aromatic hydroxyl groups is 1. The predicted molar refractivity (Wildman–Crippen MR) is 57.3 cm³/mol. The molecule has 72 valence electrons. The van der Waals surface area contributed by atoms with Gasteiger partial charge in [0.1, 0.15) is 0 Å². The minimum atomic E-state index is 0.105. The molecule has 0 atom stereocenters. The fourth-order valence-electron chi connectivity index (χ4n) is 0.980. The first-order chi connectivity index (χ1) is 6.77. The molecule has 0 spiro atoms. The fourth-order valence-corrected chi connectivity index (χ4v) is 1.04. The molecule has 3 heteroatoms. The third kappa shape index (κ3) is 2.72. The molecule has 0 saturated heterocycles. The van der Waals surface area contributed by atoms with Crippen LogP contribution in [0.1, 0.15) is 5.56 Å². The number of phenols is 1. The highest BCUT2D eigenvalue weighted by molar-refractivity contribution is 6.30. The number of ether oxygens (including phenoxy) is 1. The highest BCUT2D eigenvalue weighted by Crippen LogP contribution is 2.26. The summed E-state index contributed by atoms with van der Waals surface area (Å²) < 4.78 is 4.90. The van der Waals surface area contributed by atoms with E-state index in [0.29, 0.717) is 5.75 Å². The van der Waals surface area contributed by atoms with Gasteiger partial charge in [0.25, 0.3) is 0 Å².